The van der Waals surface area contributed by atoms with Crippen molar-refractivity contribution < 1.29 is 13.0 Å². The third kappa shape index (κ3) is 23.6. The molecule has 4 heteroatoms. The molecular formula is C22H44O3S. The summed E-state index contributed by atoms with van der Waals surface area (Å²) in [6, 6.07) is 0. The summed E-state index contributed by atoms with van der Waals surface area (Å²) in [6.45, 7) is 2.28. The van der Waals surface area contributed by atoms with Gasteiger partial charge in [0.25, 0.3) is 10.1 Å². The van der Waals surface area contributed by atoms with E-state index in [0.29, 0.717) is 6.42 Å². The lowest BCUT2D eigenvalue weighted by atomic mass is 10.0. The monoisotopic (exact) mass is 388 g/mol. The summed E-state index contributed by atoms with van der Waals surface area (Å²) in [5, 5.41) is 0. The van der Waals surface area contributed by atoms with E-state index in [-0.39, 0.29) is 5.75 Å². The molecule has 26 heavy (non-hydrogen) atoms. The van der Waals surface area contributed by atoms with Crippen LogP contribution in [0.4, 0.5) is 0 Å². The second-order valence-electron chi connectivity index (χ2n) is 7.64. The topological polar surface area (TPSA) is 54.4 Å². The second kappa shape index (κ2) is 19.4. The Bertz CT molecular complexity index is 402. The van der Waals surface area contributed by atoms with Gasteiger partial charge in [-0.2, -0.15) is 8.42 Å². The molecule has 0 atom stereocenters. The van der Waals surface area contributed by atoms with Crippen LogP contribution in [-0.4, -0.2) is 18.7 Å². The highest BCUT2D eigenvalue weighted by Gasteiger charge is 2.01. The van der Waals surface area contributed by atoms with E-state index >= 15 is 0 Å². The number of unbranched alkanes of at least 4 members (excludes halogenated alkanes) is 16. The summed E-state index contributed by atoms with van der Waals surface area (Å²) in [7, 11) is -3.78. The molecule has 156 valence electrons. The largest absolute Gasteiger partial charge is 0.286 e. The Morgan fingerprint density at radius 2 is 0.923 bits per heavy atom. The van der Waals surface area contributed by atoms with Crippen LogP contribution in [0.2, 0.25) is 0 Å². The number of hydrogen-bond acceptors (Lipinski definition) is 2. The SMILES string of the molecule is CCCCCCCCCCCCCCCCCC=CCCCS(=O)(=O)O. The summed E-state index contributed by atoms with van der Waals surface area (Å²) in [5.41, 5.74) is 0. The van der Waals surface area contributed by atoms with Crippen LogP contribution in [0.5, 0.6) is 0 Å². The maximum absolute atomic E-state index is 10.6. The van der Waals surface area contributed by atoms with Crippen molar-refractivity contribution >= 4 is 10.1 Å². The first-order valence-corrected chi connectivity index (χ1v) is 12.8. The molecule has 0 aromatic heterocycles. The van der Waals surface area contributed by atoms with E-state index in [9.17, 15) is 8.42 Å². The first kappa shape index (κ1) is 25.6. The molecule has 0 unspecified atom stereocenters. The number of allylic oxidation sites excluding steroid dienone is 2. The van der Waals surface area contributed by atoms with Gasteiger partial charge >= 0.3 is 0 Å². The van der Waals surface area contributed by atoms with Gasteiger partial charge in [-0.1, -0.05) is 109 Å². The highest BCUT2D eigenvalue weighted by Crippen LogP contribution is 2.13. The number of hydrogen-bond donors (Lipinski definition) is 1. The lowest BCUT2D eigenvalue weighted by molar-refractivity contribution is 0.481. The molecule has 0 bridgehead atoms. The maximum Gasteiger partial charge on any atom is 0.264 e. The standard InChI is InChI=1S/C22H44O3S/c1-2-3-4-5-6-7-8-9-10-11-12-13-14-15-16-17-18-19-20-21-22-26(23,24)25/h18-19H,2-17,20-22H2,1H3,(H,23,24,25). The summed E-state index contributed by atoms with van der Waals surface area (Å²) >= 11 is 0. The predicted octanol–water partition coefficient (Wildman–Crippen LogP) is 7.47. The Morgan fingerprint density at radius 3 is 1.31 bits per heavy atom. The fourth-order valence-electron chi connectivity index (χ4n) is 3.25. The van der Waals surface area contributed by atoms with Gasteiger partial charge in [-0.15, -0.1) is 0 Å². The van der Waals surface area contributed by atoms with Gasteiger partial charge in [-0.3, -0.25) is 4.55 Å². The first-order chi connectivity index (χ1) is 12.6. The molecule has 1 N–H and O–H groups in total. The normalized spacial score (nSPS) is 12.2. The quantitative estimate of drug-likeness (QED) is 0.134. The van der Waals surface area contributed by atoms with Gasteiger partial charge in [-0.05, 0) is 25.7 Å². The van der Waals surface area contributed by atoms with Crippen LogP contribution in [0.1, 0.15) is 122 Å². The summed E-state index contributed by atoms with van der Waals surface area (Å²) < 4.78 is 29.7. The van der Waals surface area contributed by atoms with E-state index < -0.39 is 10.1 Å². The molecule has 0 heterocycles. The molecule has 0 rings (SSSR count). The van der Waals surface area contributed by atoms with Gasteiger partial charge in [-0.25, -0.2) is 0 Å². The van der Waals surface area contributed by atoms with Crippen LogP contribution in [0.25, 0.3) is 0 Å². The van der Waals surface area contributed by atoms with Crippen molar-refractivity contribution in [1.29, 1.82) is 0 Å². The smallest absolute Gasteiger partial charge is 0.264 e. The molecule has 0 amide bonds. The van der Waals surface area contributed by atoms with Crippen LogP contribution in [0.3, 0.4) is 0 Å². The average Bonchev–Trinajstić information content (AvgIpc) is 2.59. The summed E-state index contributed by atoms with van der Waals surface area (Å²) in [5.74, 6) is -0.129. The van der Waals surface area contributed by atoms with Gasteiger partial charge < -0.3 is 0 Å². The molecule has 0 saturated heterocycles. The van der Waals surface area contributed by atoms with Crippen LogP contribution >= 0.6 is 0 Å². The molecule has 0 aliphatic carbocycles. The van der Waals surface area contributed by atoms with E-state index in [2.05, 4.69) is 13.0 Å². The minimum absolute atomic E-state index is 0.129. The fourth-order valence-corrected chi connectivity index (χ4v) is 3.78. The van der Waals surface area contributed by atoms with E-state index in [0.717, 1.165) is 12.8 Å². The molecule has 0 aromatic carbocycles. The average molecular weight is 389 g/mol. The van der Waals surface area contributed by atoms with Crippen molar-refractivity contribution in [1.82, 2.24) is 0 Å². The van der Waals surface area contributed by atoms with Gasteiger partial charge in [0.1, 0.15) is 0 Å². The van der Waals surface area contributed by atoms with E-state index in [1.54, 1.807) is 0 Å². The Kier molecular flexibility index (Phi) is 19.2. The van der Waals surface area contributed by atoms with Crippen molar-refractivity contribution in [2.24, 2.45) is 0 Å². The zero-order valence-corrected chi connectivity index (χ0v) is 18.1. The minimum Gasteiger partial charge on any atom is -0.286 e. The summed E-state index contributed by atoms with van der Waals surface area (Å²) in [6.07, 6.45) is 27.3. The highest BCUT2D eigenvalue weighted by molar-refractivity contribution is 7.85. The molecule has 0 fully saturated rings. The predicted molar refractivity (Wildman–Crippen MR) is 114 cm³/mol. The Balaban J connectivity index is 3.11. The summed E-state index contributed by atoms with van der Waals surface area (Å²) in [4.78, 5) is 0. The second-order valence-corrected chi connectivity index (χ2v) is 9.21. The van der Waals surface area contributed by atoms with Gasteiger partial charge in [0.2, 0.25) is 0 Å². The Hall–Kier alpha value is -0.350. The van der Waals surface area contributed by atoms with E-state index in [4.69, 9.17) is 4.55 Å². The van der Waals surface area contributed by atoms with Gasteiger partial charge in [0.05, 0.1) is 5.75 Å². The maximum atomic E-state index is 10.6. The van der Waals surface area contributed by atoms with Crippen LogP contribution in [0, 0.1) is 0 Å². The third-order valence-electron chi connectivity index (χ3n) is 4.91. The lowest BCUT2D eigenvalue weighted by Crippen LogP contribution is -2.02. The Morgan fingerprint density at radius 1 is 0.577 bits per heavy atom. The molecule has 0 aliphatic heterocycles. The van der Waals surface area contributed by atoms with Crippen LogP contribution in [0.15, 0.2) is 12.2 Å². The molecule has 3 nitrogen and oxygen atoms in total. The molecule has 0 saturated carbocycles. The van der Waals surface area contributed by atoms with Gasteiger partial charge in [0.15, 0.2) is 0 Å². The zero-order chi connectivity index (χ0) is 19.3. The van der Waals surface area contributed by atoms with Crippen molar-refractivity contribution in [2.75, 3.05) is 5.75 Å². The van der Waals surface area contributed by atoms with Crippen molar-refractivity contribution in [3.63, 3.8) is 0 Å². The van der Waals surface area contributed by atoms with Crippen molar-refractivity contribution in [2.45, 2.75) is 122 Å². The highest BCUT2D eigenvalue weighted by atomic mass is 32.2. The first-order valence-electron chi connectivity index (χ1n) is 11.2. The molecule has 0 aliphatic rings. The van der Waals surface area contributed by atoms with E-state index in [1.165, 1.54) is 96.3 Å². The van der Waals surface area contributed by atoms with Crippen LogP contribution in [-0.2, 0) is 10.1 Å². The lowest BCUT2D eigenvalue weighted by Gasteiger charge is -2.03. The van der Waals surface area contributed by atoms with Gasteiger partial charge in [0, 0.05) is 0 Å². The Labute approximate surface area is 163 Å². The van der Waals surface area contributed by atoms with E-state index in [1.807, 2.05) is 6.08 Å². The van der Waals surface area contributed by atoms with Crippen LogP contribution < -0.4 is 0 Å². The zero-order valence-electron chi connectivity index (χ0n) is 17.3. The molecular weight excluding hydrogens is 344 g/mol. The fraction of sp³-hybridized carbons (Fsp3) is 0.909. The molecule has 0 radical (unpaired) electrons. The minimum atomic E-state index is -3.78. The molecule has 0 aromatic rings. The van der Waals surface area contributed by atoms with Crippen molar-refractivity contribution in [3.8, 4) is 0 Å². The van der Waals surface area contributed by atoms with Crippen molar-refractivity contribution in [3.05, 3.63) is 12.2 Å². The molecule has 0 spiro atoms. The number of rotatable bonds is 20. The third-order valence-corrected chi connectivity index (χ3v) is 5.72.